The standard InChI is InChI=1S/C10H14FN3O4/c11-3-5-8(16)6(4-15)18-9(5)14-2-1-7(12)13-10(14)17/h1-2,5-6,8-9,15-16H,3-4H2,(H2,12,13,17)/t5?,6-,8?,9-/m1/s1. The molecule has 0 radical (unpaired) electrons. The summed E-state index contributed by atoms with van der Waals surface area (Å²) in [6.07, 6.45) is -1.76. The molecule has 0 aromatic carbocycles. The fourth-order valence-electron chi connectivity index (χ4n) is 2.01. The molecule has 0 aliphatic carbocycles. The Morgan fingerprint density at radius 3 is 2.89 bits per heavy atom. The summed E-state index contributed by atoms with van der Waals surface area (Å²) in [4.78, 5) is 15.1. The highest BCUT2D eigenvalue weighted by molar-refractivity contribution is 5.23. The number of hydrogen-bond donors (Lipinski definition) is 3. The number of aliphatic hydroxyl groups is 2. The average Bonchev–Trinajstić information content (AvgIpc) is 2.65. The zero-order chi connectivity index (χ0) is 13.3. The normalized spacial score (nSPS) is 31.7. The van der Waals surface area contributed by atoms with Crippen molar-refractivity contribution in [3.63, 3.8) is 0 Å². The second-order valence-corrected chi connectivity index (χ2v) is 4.10. The van der Waals surface area contributed by atoms with E-state index in [1.807, 2.05) is 0 Å². The molecule has 100 valence electrons. The largest absolute Gasteiger partial charge is 0.394 e. The van der Waals surface area contributed by atoms with Crippen LogP contribution in [0.15, 0.2) is 17.1 Å². The first-order valence-corrected chi connectivity index (χ1v) is 5.43. The van der Waals surface area contributed by atoms with Crippen molar-refractivity contribution in [2.24, 2.45) is 5.92 Å². The highest BCUT2D eigenvalue weighted by Gasteiger charge is 2.44. The van der Waals surface area contributed by atoms with Crippen molar-refractivity contribution >= 4 is 5.82 Å². The zero-order valence-corrected chi connectivity index (χ0v) is 9.44. The van der Waals surface area contributed by atoms with Crippen LogP contribution in [0.5, 0.6) is 0 Å². The summed E-state index contributed by atoms with van der Waals surface area (Å²) >= 11 is 0. The number of ether oxygens (including phenoxy) is 1. The van der Waals surface area contributed by atoms with E-state index in [9.17, 15) is 14.3 Å². The van der Waals surface area contributed by atoms with E-state index in [0.717, 1.165) is 4.57 Å². The first kappa shape index (κ1) is 12.9. The minimum atomic E-state index is -1.17. The van der Waals surface area contributed by atoms with Crippen LogP contribution >= 0.6 is 0 Å². The van der Waals surface area contributed by atoms with Crippen LogP contribution in [0.1, 0.15) is 6.23 Å². The molecular formula is C10H14FN3O4. The van der Waals surface area contributed by atoms with Crippen LogP contribution in [0.4, 0.5) is 10.2 Å². The third kappa shape index (κ3) is 2.09. The lowest BCUT2D eigenvalue weighted by Crippen LogP contribution is -2.33. The molecule has 4 N–H and O–H groups in total. The number of anilines is 1. The molecule has 1 aromatic heterocycles. The molecule has 4 atom stereocenters. The van der Waals surface area contributed by atoms with Crippen molar-refractivity contribution in [2.75, 3.05) is 19.0 Å². The first-order valence-electron chi connectivity index (χ1n) is 5.43. The molecule has 1 saturated heterocycles. The van der Waals surface area contributed by atoms with Crippen LogP contribution in [0.3, 0.4) is 0 Å². The average molecular weight is 259 g/mol. The van der Waals surface area contributed by atoms with Gasteiger partial charge in [0.15, 0.2) is 0 Å². The number of nitrogens with zero attached hydrogens (tertiary/aromatic N) is 2. The molecule has 0 saturated carbocycles. The van der Waals surface area contributed by atoms with Crippen molar-refractivity contribution in [2.45, 2.75) is 18.4 Å². The second-order valence-electron chi connectivity index (χ2n) is 4.10. The number of aromatic nitrogens is 2. The maximum atomic E-state index is 12.9. The fraction of sp³-hybridized carbons (Fsp3) is 0.600. The van der Waals surface area contributed by atoms with Gasteiger partial charge in [0.25, 0.3) is 0 Å². The molecule has 8 heteroatoms. The molecule has 0 bridgehead atoms. The monoisotopic (exact) mass is 259 g/mol. The third-order valence-electron chi connectivity index (χ3n) is 2.98. The molecule has 0 spiro atoms. The summed E-state index contributed by atoms with van der Waals surface area (Å²) in [5, 5.41) is 18.7. The van der Waals surface area contributed by atoms with Gasteiger partial charge >= 0.3 is 5.69 Å². The van der Waals surface area contributed by atoms with E-state index in [1.165, 1.54) is 12.3 Å². The number of alkyl halides is 1. The van der Waals surface area contributed by atoms with Gasteiger partial charge in [-0.1, -0.05) is 0 Å². The summed E-state index contributed by atoms with van der Waals surface area (Å²) in [6, 6.07) is 1.37. The van der Waals surface area contributed by atoms with E-state index >= 15 is 0 Å². The lowest BCUT2D eigenvalue weighted by atomic mass is 10.0. The van der Waals surface area contributed by atoms with Crippen LogP contribution in [-0.2, 0) is 4.74 Å². The first-order chi connectivity index (χ1) is 8.58. The Morgan fingerprint density at radius 1 is 1.61 bits per heavy atom. The molecule has 7 nitrogen and oxygen atoms in total. The highest BCUT2D eigenvalue weighted by atomic mass is 19.1. The van der Waals surface area contributed by atoms with E-state index in [4.69, 9.17) is 15.6 Å². The SMILES string of the molecule is Nc1ccn([C@@H]2O[C@H](CO)C(O)C2CF)c(=O)n1. The Kier molecular flexibility index (Phi) is 3.60. The van der Waals surface area contributed by atoms with Gasteiger partial charge in [-0.05, 0) is 6.07 Å². The minimum Gasteiger partial charge on any atom is -0.394 e. The number of hydrogen-bond acceptors (Lipinski definition) is 6. The number of halogens is 1. The van der Waals surface area contributed by atoms with Crippen molar-refractivity contribution in [3.8, 4) is 0 Å². The smallest absolute Gasteiger partial charge is 0.351 e. The van der Waals surface area contributed by atoms with E-state index in [1.54, 1.807) is 0 Å². The van der Waals surface area contributed by atoms with Crippen molar-refractivity contribution in [1.29, 1.82) is 0 Å². The van der Waals surface area contributed by atoms with Gasteiger partial charge in [-0.15, -0.1) is 0 Å². The second kappa shape index (κ2) is 5.01. The summed E-state index contributed by atoms with van der Waals surface area (Å²) in [7, 11) is 0. The topological polar surface area (TPSA) is 111 Å². The van der Waals surface area contributed by atoms with Gasteiger partial charge in [-0.2, -0.15) is 4.98 Å². The van der Waals surface area contributed by atoms with Crippen molar-refractivity contribution in [3.05, 3.63) is 22.7 Å². The van der Waals surface area contributed by atoms with Crippen LogP contribution in [0.25, 0.3) is 0 Å². The zero-order valence-electron chi connectivity index (χ0n) is 9.44. The summed E-state index contributed by atoms with van der Waals surface area (Å²) in [5.41, 5.74) is 4.65. The van der Waals surface area contributed by atoms with Gasteiger partial charge in [0, 0.05) is 6.20 Å². The molecule has 0 amide bonds. The van der Waals surface area contributed by atoms with Gasteiger partial charge < -0.3 is 20.7 Å². The van der Waals surface area contributed by atoms with Crippen LogP contribution in [0.2, 0.25) is 0 Å². The molecule has 1 aromatic rings. The van der Waals surface area contributed by atoms with Gasteiger partial charge in [0.1, 0.15) is 18.1 Å². The van der Waals surface area contributed by atoms with Crippen molar-refractivity contribution in [1.82, 2.24) is 9.55 Å². The van der Waals surface area contributed by atoms with Crippen LogP contribution in [-0.4, -0.2) is 45.3 Å². The maximum absolute atomic E-state index is 12.9. The Hall–Kier alpha value is -1.51. The Balaban J connectivity index is 2.35. The molecule has 2 unspecified atom stereocenters. The molecule has 1 fully saturated rings. The lowest BCUT2D eigenvalue weighted by Gasteiger charge is -2.18. The van der Waals surface area contributed by atoms with Gasteiger partial charge in [-0.3, -0.25) is 8.96 Å². The van der Waals surface area contributed by atoms with E-state index < -0.39 is 43.3 Å². The fourth-order valence-corrected chi connectivity index (χ4v) is 2.01. The maximum Gasteiger partial charge on any atom is 0.351 e. The lowest BCUT2D eigenvalue weighted by molar-refractivity contribution is -0.0485. The molecule has 2 rings (SSSR count). The van der Waals surface area contributed by atoms with Gasteiger partial charge in [0.2, 0.25) is 0 Å². The highest BCUT2D eigenvalue weighted by Crippen LogP contribution is 2.34. The molecule has 18 heavy (non-hydrogen) atoms. The summed E-state index contributed by atoms with van der Waals surface area (Å²) < 4.78 is 19.3. The number of nitrogen functional groups attached to an aromatic ring is 1. The Bertz CT molecular complexity index is 480. The molecular weight excluding hydrogens is 245 g/mol. The van der Waals surface area contributed by atoms with Gasteiger partial charge in [-0.25, -0.2) is 4.79 Å². The Morgan fingerprint density at radius 2 is 2.33 bits per heavy atom. The molecule has 1 aliphatic rings. The van der Waals surface area contributed by atoms with Crippen molar-refractivity contribution < 1.29 is 19.3 Å². The van der Waals surface area contributed by atoms with Crippen LogP contribution < -0.4 is 11.4 Å². The predicted octanol–water partition coefficient (Wildman–Crippen LogP) is -1.34. The van der Waals surface area contributed by atoms with E-state index in [-0.39, 0.29) is 5.82 Å². The van der Waals surface area contributed by atoms with Gasteiger partial charge in [0.05, 0.1) is 25.3 Å². The molecule has 1 aliphatic heterocycles. The van der Waals surface area contributed by atoms with E-state index in [0.29, 0.717) is 0 Å². The predicted molar refractivity (Wildman–Crippen MR) is 59.4 cm³/mol. The summed E-state index contributed by atoms with van der Waals surface area (Å²) in [5.74, 6) is -0.879. The van der Waals surface area contributed by atoms with E-state index in [2.05, 4.69) is 4.98 Å². The number of nitrogens with two attached hydrogens (primary N) is 1. The number of aliphatic hydroxyl groups excluding tert-OH is 2. The van der Waals surface area contributed by atoms with Crippen LogP contribution in [0, 0.1) is 5.92 Å². The quantitative estimate of drug-likeness (QED) is 0.619. The number of rotatable bonds is 3. The molecule has 2 heterocycles. The minimum absolute atomic E-state index is 0.0466. The third-order valence-corrected chi connectivity index (χ3v) is 2.98. The summed E-state index contributed by atoms with van der Waals surface area (Å²) in [6.45, 7) is -1.33. The Labute approximate surface area is 102 Å².